The highest BCUT2D eigenvalue weighted by Crippen LogP contribution is 2.39. The molecule has 0 spiro atoms. The minimum absolute atomic E-state index is 0.181. The van der Waals surface area contributed by atoms with E-state index in [4.69, 9.17) is 4.74 Å². The maximum atomic E-state index is 13.9. The fourth-order valence-electron chi connectivity index (χ4n) is 2.37. The lowest BCUT2D eigenvalue weighted by atomic mass is 10.1. The van der Waals surface area contributed by atoms with Gasteiger partial charge in [-0.05, 0) is 29.8 Å². The molecular weight excluding hydrogens is 288 g/mol. The van der Waals surface area contributed by atoms with Crippen LogP contribution in [0.5, 0.6) is 5.75 Å². The summed E-state index contributed by atoms with van der Waals surface area (Å²) in [4.78, 5) is 13.1. The van der Waals surface area contributed by atoms with Crippen LogP contribution in [0.15, 0.2) is 60.7 Å². The van der Waals surface area contributed by atoms with Crippen molar-refractivity contribution >= 4 is 17.3 Å². The van der Waals surface area contributed by atoms with Crippen LogP contribution < -0.4 is 9.64 Å². The SMILES string of the molecule is COc1ccc(N2C(=O)C(F)(F)C=C2c2ccccc2)cc1. The first kappa shape index (κ1) is 14.3. The summed E-state index contributed by atoms with van der Waals surface area (Å²) in [5, 5.41) is 0. The Bertz CT molecular complexity index is 724. The Balaban J connectivity index is 2.07. The molecule has 112 valence electrons. The van der Waals surface area contributed by atoms with Crippen molar-refractivity contribution in [2.45, 2.75) is 5.92 Å². The van der Waals surface area contributed by atoms with Crippen molar-refractivity contribution in [3.8, 4) is 5.75 Å². The van der Waals surface area contributed by atoms with Gasteiger partial charge in [0.1, 0.15) is 5.75 Å². The lowest BCUT2D eigenvalue weighted by molar-refractivity contribution is -0.134. The summed E-state index contributed by atoms with van der Waals surface area (Å²) < 4.78 is 32.8. The van der Waals surface area contributed by atoms with Crippen LogP contribution in [0.2, 0.25) is 0 Å². The van der Waals surface area contributed by atoms with E-state index in [2.05, 4.69) is 0 Å². The van der Waals surface area contributed by atoms with Gasteiger partial charge in [0.25, 0.3) is 0 Å². The minimum atomic E-state index is -3.51. The molecule has 0 fully saturated rings. The molecule has 0 radical (unpaired) electrons. The summed E-state index contributed by atoms with van der Waals surface area (Å²) in [6.07, 6.45) is 0.703. The van der Waals surface area contributed by atoms with E-state index < -0.39 is 11.8 Å². The Morgan fingerprint density at radius 2 is 1.64 bits per heavy atom. The van der Waals surface area contributed by atoms with E-state index in [0.29, 0.717) is 23.1 Å². The Hall–Kier alpha value is -2.69. The van der Waals surface area contributed by atoms with Gasteiger partial charge in [-0.25, -0.2) is 0 Å². The van der Waals surface area contributed by atoms with Gasteiger partial charge in [-0.15, -0.1) is 0 Å². The predicted octanol–water partition coefficient (Wildman–Crippen LogP) is 3.72. The maximum absolute atomic E-state index is 13.9. The van der Waals surface area contributed by atoms with Gasteiger partial charge in [-0.3, -0.25) is 9.69 Å². The molecular formula is C17H13F2NO2. The van der Waals surface area contributed by atoms with Gasteiger partial charge in [0, 0.05) is 11.8 Å². The molecule has 1 amide bonds. The zero-order valence-corrected chi connectivity index (χ0v) is 11.8. The Morgan fingerprint density at radius 1 is 1.00 bits per heavy atom. The monoisotopic (exact) mass is 301 g/mol. The van der Waals surface area contributed by atoms with Crippen molar-refractivity contribution in [2.75, 3.05) is 12.0 Å². The van der Waals surface area contributed by atoms with Crippen LogP contribution >= 0.6 is 0 Å². The van der Waals surface area contributed by atoms with Gasteiger partial charge in [0.15, 0.2) is 0 Å². The average molecular weight is 301 g/mol. The van der Waals surface area contributed by atoms with Crippen molar-refractivity contribution in [3.63, 3.8) is 0 Å². The van der Waals surface area contributed by atoms with E-state index in [1.165, 1.54) is 7.11 Å². The first-order valence-electron chi connectivity index (χ1n) is 6.67. The van der Waals surface area contributed by atoms with Gasteiger partial charge in [-0.2, -0.15) is 8.78 Å². The second kappa shape index (κ2) is 5.26. The summed E-state index contributed by atoms with van der Waals surface area (Å²) in [7, 11) is 1.51. The van der Waals surface area contributed by atoms with E-state index in [1.54, 1.807) is 54.6 Å². The lowest BCUT2D eigenvalue weighted by Crippen LogP contribution is -2.34. The van der Waals surface area contributed by atoms with Crippen LogP contribution in [0, 0.1) is 0 Å². The van der Waals surface area contributed by atoms with Crippen molar-refractivity contribution in [2.24, 2.45) is 0 Å². The molecule has 0 saturated carbocycles. The fraction of sp³-hybridized carbons (Fsp3) is 0.118. The van der Waals surface area contributed by atoms with Gasteiger partial charge >= 0.3 is 11.8 Å². The second-order valence-corrected chi connectivity index (χ2v) is 4.86. The second-order valence-electron chi connectivity index (χ2n) is 4.86. The molecule has 0 aromatic heterocycles. The van der Waals surface area contributed by atoms with Gasteiger partial charge in [-0.1, -0.05) is 30.3 Å². The number of benzene rings is 2. The first-order chi connectivity index (χ1) is 10.5. The van der Waals surface area contributed by atoms with Crippen molar-refractivity contribution < 1.29 is 18.3 Å². The Morgan fingerprint density at radius 3 is 2.23 bits per heavy atom. The number of hydrogen-bond acceptors (Lipinski definition) is 2. The van der Waals surface area contributed by atoms with Crippen LogP contribution in [0.3, 0.4) is 0 Å². The number of hydrogen-bond donors (Lipinski definition) is 0. The van der Waals surface area contributed by atoms with Gasteiger partial charge in [0.2, 0.25) is 0 Å². The number of halogens is 2. The third-order valence-corrected chi connectivity index (χ3v) is 3.45. The molecule has 2 aromatic rings. The fourth-order valence-corrected chi connectivity index (χ4v) is 2.37. The molecule has 1 aliphatic heterocycles. The van der Waals surface area contributed by atoms with Crippen LogP contribution in [0.1, 0.15) is 5.56 Å². The summed E-state index contributed by atoms with van der Waals surface area (Å²) in [5.41, 5.74) is 1.11. The van der Waals surface area contributed by atoms with E-state index in [9.17, 15) is 13.6 Å². The van der Waals surface area contributed by atoms with E-state index in [0.717, 1.165) is 4.90 Å². The molecule has 0 atom stereocenters. The molecule has 3 rings (SSSR count). The van der Waals surface area contributed by atoms with E-state index >= 15 is 0 Å². The molecule has 0 saturated heterocycles. The standard InChI is InChI=1S/C17H13F2NO2/c1-22-14-9-7-13(8-10-14)20-15(11-17(18,19)16(20)21)12-5-3-2-4-6-12/h2-11H,1H3. The van der Waals surface area contributed by atoms with E-state index in [1.807, 2.05) is 0 Å². The van der Waals surface area contributed by atoms with Crippen molar-refractivity contribution in [3.05, 3.63) is 66.2 Å². The minimum Gasteiger partial charge on any atom is -0.497 e. The number of carbonyl (C=O) groups excluding carboxylic acids is 1. The quantitative estimate of drug-likeness (QED) is 0.864. The van der Waals surface area contributed by atoms with Crippen molar-refractivity contribution in [1.82, 2.24) is 0 Å². The largest absolute Gasteiger partial charge is 0.497 e. The van der Waals surface area contributed by atoms with Crippen LogP contribution in [-0.4, -0.2) is 18.9 Å². The molecule has 0 N–H and O–H groups in total. The molecule has 1 heterocycles. The van der Waals surface area contributed by atoms with Crippen LogP contribution in [0.25, 0.3) is 5.70 Å². The lowest BCUT2D eigenvalue weighted by Gasteiger charge is -2.21. The number of amides is 1. The van der Waals surface area contributed by atoms with Crippen LogP contribution in [-0.2, 0) is 4.79 Å². The number of carbonyl (C=O) groups is 1. The molecule has 0 bridgehead atoms. The molecule has 1 aliphatic rings. The Labute approximate surface area is 126 Å². The summed E-state index contributed by atoms with van der Waals surface area (Å²) in [6.45, 7) is 0. The highest BCUT2D eigenvalue weighted by Gasteiger charge is 2.48. The highest BCUT2D eigenvalue weighted by molar-refractivity contribution is 6.15. The smallest absolute Gasteiger partial charge is 0.346 e. The zero-order valence-electron chi connectivity index (χ0n) is 11.8. The van der Waals surface area contributed by atoms with Gasteiger partial charge in [0.05, 0.1) is 12.8 Å². The molecule has 22 heavy (non-hydrogen) atoms. The first-order valence-corrected chi connectivity index (χ1v) is 6.67. The topological polar surface area (TPSA) is 29.5 Å². The van der Waals surface area contributed by atoms with Crippen molar-refractivity contribution in [1.29, 1.82) is 0 Å². The summed E-state index contributed by atoms with van der Waals surface area (Å²) in [5.74, 6) is -4.17. The third kappa shape index (κ3) is 2.35. The number of alkyl halides is 2. The normalized spacial score (nSPS) is 16.6. The third-order valence-electron chi connectivity index (χ3n) is 3.45. The molecule has 0 unspecified atom stereocenters. The summed E-state index contributed by atoms with van der Waals surface area (Å²) >= 11 is 0. The number of nitrogens with zero attached hydrogens (tertiary/aromatic N) is 1. The summed E-state index contributed by atoms with van der Waals surface area (Å²) in [6, 6.07) is 15.1. The molecule has 0 aliphatic carbocycles. The number of rotatable bonds is 3. The highest BCUT2D eigenvalue weighted by atomic mass is 19.3. The average Bonchev–Trinajstić information content (AvgIpc) is 2.79. The van der Waals surface area contributed by atoms with Crippen LogP contribution in [0.4, 0.5) is 14.5 Å². The number of ether oxygens (including phenoxy) is 1. The maximum Gasteiger partial charge on any atom is 0.346 e. The molecule has 5 heteroatoms. The zero-order chi connectivity index (χ0) is 15.7. The van der Waals surface area contributed by atoms with E-state index in [-0.39, 0.29) is 5.70 Å². The van der Waals surface area contributed by atoms with Gasteiger partial charge < -0.3 is 4.74 Å². The number of methoxy groups -OCH3 is 1. The molecule has 2 aromatic carbocycles. The molecule has 3 nitrogen and oxygen atoms in total. The number of anilines is 1. The predicted molar refractivity (Wildman–Crippen MR) is 79.8 cm³/mol. The Kier molecular flexibility index (Phi) is 3.41.